The van der Waals surface area contributed by atoms with Crippen LogP contribution < -0.4 is 5.32 Å². The van der Waals surface area contributed by atoms with E-state index in [-0.39, 0.29) is 29.1 Å². The van der Waals surface area contributed by atoms with Gasteiger partial charge in [0.25, 0.3) is 17.7 Å². The zero-order valence-electron chi connectivity index (χ0n) is 18.9. The first-order chi connectivity index (χ1) is 16.0. The second-order valence-corrected chi connectivity index (χ2v) is 7.74. The van der Waals surface area contributed by atoms with Crippen LogP contribution in [0.4, 0.5) is 5.69 Å². The lowest BCUT2D eigenvalue weighted by atomic mass is 10.1. The van der Waals surface area contributed by atoms with Gasteiger partial charge in [0.15, 0.2) is 0 Å². The number of anilines is 1. The topological polar surface area (TPSA) is 102 Å². The number of nitrogens with zero attached hydrogens (tertiary/aromatic N) is 1. The molecule has 1 N–H and O–H groups in total. The molecule has 0 spiro atoms. The Morgan fingerprint density at radius 2 is 1.58 bits per heavy atom. The zero-order chi connectivity index (χ0) is 23.8. The summed E-state index contributed by atoms with van der Waals surface area (Å²) in [5.74, 6) is -1.61. The van der Waals surface area contributed by atoms with Crippen molar-refractivity contribution in [2.24, 2.45) is 0 Å². The Morgan fingerprint density at radius 1 is 0.879 bits per heavy atom. The molecule has 33 heavy (non-hydrogen) atoms. The Bertz CT molecular complexity index is 1030. The van der Waals surface area contributed by atoms with E-state index in [1.807, 2.05) is 0 Å². The summed E-state index contributed by atoms with van der Waals surface area (Å²) >= 11 is 0. The van der Waals surface area contributed by atoms with Crippen molar-refractivity contribution in [2.75, 3.05) is 32.2 Å². The summed E-state index contributed by atoms with van der Waals surface area (Å²) in [6.07, 6.45) is 3.42. The van der Waals surface area contributed by atoms with Gasteiger partial charge in [0.2, 0.25) is 0 Å². The summed E-state index contributed by atoms with van der Waals surface area (Å²) in [5, 5.41) is 2.74. The van der Waals surface area contributed by atoms with Crippen LogP contribution >= 0.6 is 0 Å². The fourth-order valence-electron chi connectivity index (χ4n) is 3.50. The predicted octanol–water partition coefficient (Wildman–Crippen LogP) is 3.92. The fourth-order valence-corrected chi connectivity index (χ4v) is 3.50. The molecule has 8 heteroatoms. The molecule has 0 unspecified atom stereocenters. The first-order valence-corrected chi connectivity index (χ1v) is 11.0. The van der Waals surface area contributed by atoms with Crippen molar-refractivity contribution in [1.29, 1.82) is 0 Å². The van der Waals surface area contributed by atoms with E-state index in [9.17, 15) is 19.2 Å². The van der Waals surface area contributed by atoms with E-state index in [2.05, 4.69) is 12.2 Å². The molecule has 174 valence electrons. The number of fused-ring (bicyclic) bond motifs is 1. The van der Waals surface area contributed by atoms with Crippen LogP contribution in [0.2, 0.25) is 0 Å². The van der Waals surface area contributed by atoms with Gasteiger partial charge in [-0.05, 0) is 55.3 Å². The summed E-state index contributed by atoms with van der Waals surface area (Å²) < 4.78 is 10.2. The minimum absolute atomic E-state index is 0.214. The number of rotatable bonds is 11. The molecular weight excluding hydrogens is 424 g/mol. The van der Waals surface area contributed by atoms with Crippen LogP contribution in [-0.4, -0.2) is 55.5 Å². The minimum Gasteiger partial charge on any atom is -0.462 e. The standard InChI is InChI=1S/C25H28N2O6/c1-3-4-5-15-33-25(31)17-7-10-19(11-8-17)26-22(28)18-9-12-20-21(16-18)24(30)27(23(20)29)13-6-14-32-2/h7-12,16H,3-6,13-15H2,1-2H3,(H,26,28). The van der Waals surface area contributed by atoms with E-state index in [4.69, 9.17) is 9.47 Å². The number of ether oxygens (including phenoxy) is 2. The normalized spacial score (nSPS) is 12.6. The van der Waals surface area contributed by atoms with Crippen LogP contribution in [0.3, 0.4) is 0 Å². The maximum Gasteiger partial charge on any atom is 0.338 e. The first-order valence-electron chi connectivity index (χ1n) is 11.0. The number of amides is 3. The smallest absolute Gasteiger partial charge is 0.338 e. The van der Waals surface area contributed by atoms with Gasteiger partial charge in [-0.2, -0.15) is 0 Å². The summed E-state index contributed by atoms with van der Waals surface area (Å²) in [7, 11) is 1.56. The number of unbranched alkanes of at least 4 members (excludes halogenated alkanes) is 2. The molecule has 0 aromatic heterocycles. The average Bonchev–Trinajstić information content (AvgIpc) is 3.06. The highest BCUT2D eigenvalue weighted by molar-refractivity contribution is 6.22. The number of nitrogens with one attached hydrogen (secondary N) is 1. The maximum atomic E-state index is 12.7. The molecule has 0 saturated carbocycles. The van der Waals surface area contributed by atoms with E-state index >= 15 is 0 Å². The highest BCUT2D eigenvalue weighted by atomic mass is 16.5. The second-order valence-electron chi connectivity index (χ2n) is 7.74. The highest BCUT2D eigenvalue weighted by Gasteiger charge is 2.35. The van der Waals surface area contributed by atoms with E-state index in [1.165, 1.54) is 23.1 Å². The van der Waals surface area contributed by atoms with Gasteiger partial charge in [0.05, 0.1) is 23.3 Å². The molecule has 2 aromatic rings. The number of carbonyl (C=O) groups excluding carboxylic acids is 4. The molecule has 1 aliphatic heterocycles. The fraction of sp³-hybridized carbons (Fsp3) is 0.360. The van der Waals surface area contributed by atoms with Crippen molar-refractivity contribution in [2.45, 2.75) is 32.6 Å². The Labute approximate surface area is 192 Å². The SMILES string of the molecule is CCCCCOC(=O)c1ccc(NC(=O)c2ccc3c(c2)C(=O)N(CCCOC)C3=O)cc1. The second kappa shape index (κ2) is 11.4. The largest absolute Gasteiger partial charge is 0.462 e. The van der Waals surface area contributed by atoms with E-state index < -0.39 is 17.8 Å². The molecule has 0 radical (unpaired) electrons. The first kappa shape index (κ1) is 24.1. The van der Waals surface area contributed by atoms with Gasteiger partial charge < -0.3 is 14.8 Å². The van der Waals surface area contributed by atoms with Crippen LogP contribution in [0.15, 0.2) is 42.5 Å². The van der Waals surface area contributed by atoms with Crippen molar-refractivity contribution >= 4 is 29.4 Å². The third kappa shape index (κ3) is 5.84. The lowest BCUT2D eigenvalue weighted by molar-refractivity contribution is 0.0497. The summed E-state index contributed by atoms with van der Waals surface area (Å²) in [4.78, 5) is 51.0. The highest BCUT2D eigenvalue weighted by Crippen LogP contribution is 2.25. The van der Waals surface area contributed by atoms with Crippen LogP contribution in [0.25, 0.3) is 0 Å². The lowest BCUT2D eigenvalue weighted by Crippen LogP contribution is -2.31. The summed E-state index contributed by atoms with van der Waals surface area (Å²) in [6.45, 7) is 3.16. The van der Waals surface area contributed by atoms with E-state index in [1.54, 1.807) is 31.4 Å². The number of imide groups is 1. The Balaban J connectivity index is 1.62. The molecule has 0 atom stereocenters. The van der Waals surface area contributed by atoms with Crippen molar-refractivity contribution in [3.8, 4) is 0 Å². The van der Waals surface area contributed by atoms with Gasteiger partial charge in [0, 0.05) is 31.5 Å². The Morgan fingerprint density at radius 3 is 2.27 bits per heavy atom. The summed E-state index contributed by atoms with van der Waals surface area (Å²) in [6, 6.07) is 10.8. The van der Waals surface area contributed by atoms with Crippen molar-refractivity contribution in [3.63, 3.8) is 0 Å². The van der Waals surface area contributed by atoms with Crippen LogP contribution in [0.5, 0.6) is 0 Å². The summed E-state index contributed by atoms with van der Waals surface area (Å²) in [5.41, 5.74) is 1.65. The van der Waals surface area contributed by atoms with Gasteiger partial charge in [-0.3, -0.25) is 19.3 Å². The Kier molecular flexibility index (Phi) is 8.32. The van der Waals surface area contributed by atoms with Crippen molar-refractivity contribution in [1.82, 2.24) is 4.90 Å². The van der Waals surface area contributed by atoms with Gasteiger partial charge in [0.1, 0.15) is 0 Å². The van der Waals surface area contributed by atoms with Gasteiger partial charge in [-0.1, -0.05) is 19.8 Å². The van der Waals surface area contributed by atoms with Crippen LogP contribution in [-0.2, 0) is 9.47 Å². The molecule has 2 aromatic carbocycles. The van der Waals surface area contributed by atoms with Crippen molar-refractivity contribution < 1.29 is 28.7 Å². The molecule has 0 saturated heterocycles. The molecular formula is C25H28N2O6. The number of benzene rings is 2. The number of methoxy groups -OCH3 is 1. The number of esters is 1. The molecule has 3 rings (SSSR count). The van der Waals surface area contributed by atoms with Gasteiger partial charge in [-0.15, -0.1) is 0 Å². The van der Waals surface area contributed by atoms with Crippen LogP contribution in [0.1, 0.15) is 74.0 Å². The molecule has 8 nitrogen and oxygen atoms in total. The predicted molar refractivity (Wildman–Crippen MR) is 123 cm³/mol. The molecule has 0 bridgehead atoms. The van der Waals surface area contributed by atoms with E-state index in [0.29, 0.717) is 30.9 Å². The lowest BCUT2D eigenvalue weighted by Gasteiger charge is -2.12. The third-order valence-corrected chi connectivity index (χ3v) is 5.32. The number of hydrogen-bond acceptors (Lipinski definition) is 6. The maximum absolute atomic E-state index is 12.7. The quantitative estimate of drug-likeness (QED) is 0.315. The van der Waals surface area contributed by atoms with E-state index in [0.717, 1.165) is 19.3 Å². The zero-order valence-corrected chi connectivity index (χ0v) is 18.9. The Hall–Kier alpha value is -3.52. The molecule has 1 aliphatic rings. The number of hydrogen-bond donors (Lipinski definition) is 1. The average molecular weight is 453 g/mol. The van der Waals surface area contributed by atoms with Gasteiger partial charge in [-0.25, -0.2) is 4.79 Å². The molecule has 0 aliphatic carbocycles. The number of carbonyl (C=O) groups is 4. The minimum atomic E-state index is -0.425. The monoisotopic (exact) mass is 452 g/mol. The molecule has 1 heterocycles. The third-order valence-electron chi connectivity index (χ3n) is 5.32. The molecule has 3 amide bonds. The van der Waals surface area contributed by atoms with Gasteiger partial charge >= 0.3 is 5.97 Å². The van der Waals surface area contributed by atoms with Crippen LogP contribution in [0, 0.1) is 0 Å². The van der Waals surface area contributed by atoms with Crippen molar-refractivity contribution in [3.05, 3.63) is 64.7 Å². The molecule has 0 fully saturated rings.